The van der Waals surface area contributed by atoms with Gasteiger partial charge in [-0.2, -0.15) is 5.10 Å². The van der Waals surface area contributed by atoms with Gasteiger partial charge in [-0.15, -0.1) is 0 Å². The first-order chi connectivity index (χ1) is 8.00. The third-order valence-corrected chi connectivity index (χ3v) is 2.90. The van der Waals surface area contributed by atoms with Crippen molar-refractivity contribution in [2.45, 2.75) is 59.6 Å². The maximum Gasteiger partial charge on any atom is 0.138 e. The lowest BCUT2D eigenvalue weighted by Crippen LogP contribution is -2.15. The quantitative estimate of drug-likeness (QED) is 0.794. The highest BCUT2D eigenvalue weighted by Crippen LogP contribution is 2.11. The zero-order valence-electron chi connectivity index (χ0n) is 11.4. The van der Waals surface area contributed by atoms with Crippen molar-refractivity contribution < 1.29 is 5.11 Å². The van der Waals surface area contributed by atoms with Crippen molar-refractivity contribution in [1.29, 1.82) is 0 Å². The first-order valence-corrected chi connectivity index (χ1v) is 6.55. The van der Waals surface area contributed by atoms with Gasteiger partial charge >= 0.3 is 0 Å². The van der Waals surface area contributed by atoms with Crippen LogP contribution in [0.4, 0.5) is 0 Å². The Hall–Kier alpha value is -0.900. The van der Waals surface area contributed by atoms with Crippen LogP contribution in [0.25, 0.3) is 0 Å². The molecular weight excluding hydrogens is 214 g/mol. The molecule has 1 unspecified atom stereocenters. The molecule has 98 valence electrons. The van der Waals surface area contributed by atoms with Crippen molar-refractivity contribution in [3.05, 3.63) is 12.2 Å². The molecule has 1 aromatic heterocycles. The van der Waals surface area contributed by atoms with E-state index in [1.165, 1.54) is 0 Å². The molecule has 1 atom stereocenters. The summed E-state index contributed by atoms with van der Waals surface area (Å²) in [5.41, 5.74) is 0. The molecule has 1 rings (SSSR count). The molecule has 0 aliphatic heterocycles. The zero-order valence-corrected chi connectivity index (χ0v) is 11.4. The van der Waals surface area contributed by atoms with Gasteiger partial charge in [0.25, 0.3) is 0 Å². The summed E-state index contributed by atoms with van der Waals surface area (Å²) in [7, 11) is 0. The number of aromatic nitrogens is 3. The SMILES string of the molecule is CC(C)Cn1ncnc1CCCC(O)C(C)C. The van der Waals surface area contributed by atoms with Crippen LogP contribution in [0.2, 0.25) is 0 Å². The predicted octanol–water partition coefficient (Wildman–Crippen LogP) is 2.27. The standard InChI is InChI=1S/C13H25N3O/c1-10(2)8-16-13(14-9-15-16)7-5-6-12(17)11(3)4/h9-12,17H,5-8H2,1-4H3. The molecule has 0 aliphatic carbocycles. The van der Waals surface area contributed by atoms with Crippen molar-refractivity contribution in [3.63, 3.8) is 0 Å². The average Bonchev–Trinajstić information content (AvgIpc) is 2.64. The number of hydrogen-bond donors (Lipinski definition) is 1. The van der Waals surface area contributed by atoms with Crippen molar-refractivity contribution in [1.82, 2.24) is 14.8 Å². The minimum absolute atomic E-state index is 0.198. The molecule has 17 heavy (non-hydrogen) atoms. The molecule has 0 saturated heterocycles. The topological polar surface area (TPSA) is 50.9 Å². The molecule has 1 heterocycles. The Morgan fingerprint density at radius 1 is 1.29 bits per heavy atom. The summed E-state index contributed by atoms with van der Waals surface area (Å²) in [6.07, 6.45) is 4.13. The van der Waals surface area contributed by atoms with Crippen LogP contribution in [0.15, 0.2) is 6.33 Å². The molecule has 4 heteroatoms. The van der Waals surface area contributed by atoms with Gasteiger partial charge in [-0.3, -0.25) is 0 Å². The van der Waals surface area contributed by atoms with Gasteiger partial charge in [0.2, 0.25) is 0 Å². The second-order valence-corrected chi connectivity index (χ2v) is 5.46. The van der Waals surface area contributed by atoms with Crippen LogP contribution in [0.1, 0.15) is 46.4 Å². The molecule has 1 N–H and O–H groups in total. The van der Waals surface area contributed by atoms with E-state index in [-0.39, 0.29) is 6.10 Å². The fourth-order valence-corrected chi connectivity index (χ4v) is 1.78. The first kappa shape index (κ1) is 14.2. The summed E-state index contributed by atoms with van der Waals surface area (Å²) in [4.78, 5) is 4.28. The maximum absolute atomic E-state index is 9.73. The normalized spacial score (nSPS) is 13.6. The van der Waals surface area contributed by atoms with Gasteiger partial charge < -0.3 is 5.11 Å². The second-order valence-electron chi connectivity index (χ2n) is 5.46. The van der Waals surface area contributed by atoms with Crippen LogP contribution in [0.5, 0.6) is 0 Å². The molecule has 0 radical (unpaired) electrons. The fourth-order valence-electron chi connectivity index (χ4n) is 1.78. The van der Waals surface area contributed by atoms with Crippen LogP contribution < -0.4 is 0 Å². The number of aliphatic hydroxyl groups excluding tert-OH is 1. The van der Waals surface area contributed by atoms with Crippen LogP contribution in [0.3, 0.4) is 0 Å². The summed E-state index contributed by atoms with van der Waals surface area (Å²) in [5, 5.41) is 14.0. The summed E-state index contributed by atoms with van der Waals surface area (Å²) in [5.74, 6) is 1.95. The van der Waals surface area contributed by atoms with E-state index in [2.05, 4.69) is 23.9 Å². The van der Waals surface area contributed by atoms with Crippen LogP contribution in [0, 0.1) is 11.8 Å². The van der Waals surface area contributed by atoms with E-state index in [1.807, 2.05) is 18.5 Å². The van der Waals surface area contributed by atoms with Gasteiger partial charge in [-0.1, -0.05) is 27.7 Å². The largest absolute Gasteiger partial charge is 0.393 e. The molecule has 0 amide bonds. The Morgan fingerprint density at radius 3 is 2.59 bits per heavy atom. The van der Waals surface area contributed by atoms with Gasteiger partial charge in [0, 0.05) is 13.0 Å². The Morgan fingerprint density at radius 2 is 2.00 bits per heavy atom. The summed E-state index contributed by atoms with van der Waals surface area (Å²) in [6, 6.07) is 0. The Bertz CT molecular complexity index is 320. The van der Waals surface area contributed by atoms with Gasteiger partial charge in [-0.05, 0) is 24.7 Å². The minimum atomic E-state index is -0.198. The smallest absolute Gasteiger partial charge is 0.138 e. The van der Waals surface area contributed by atoms with Crippen molar-refractivity contribution >= 4 is 0 Å². The maximum atomic E-state index is 9.73. The highest BCUT2D eigenvalue weighted by Gasteiger charge is 2.10. The lowest BCUT2D eigenvalue weighted by Gasteiger charge is -2.14. The van der Waals surface area contributed by atoms with E-state index < -0.39 is 0 Å². The van der Waals surface area contributed by atoms with Crippen LogP contribution >= 0.6 is 0 Å². The predicted molar refractivity (Wildman–Crippen MR) is 68.6 cm³/mol. The number of aliphatic hydroxyl groups is 1. The lowest BCUT2D eigenvalue weighted by atomic mass is 10.0. The van der Waals surface area contributed by atoms with Gasteiger partial charge in [0.05, 0.1) is 6.10 Å². The average molecular weight is 239 g/mol. The van der Waals surface area contributed by atoms with Crippen LogP contribution in [-0.4, -0.2) is 26.0 Å². The third-order valence-electron chi connectivity index (χ3n) is 2.90. The Kier molecular flexibility index (Phi) is 5.62. The zero-order chi connectivity index (χ0) is 12.8. The first-order valence-electron chi connectivity index (χ1n) is 6.55. The van der Waals surface area contributed by atoms with Crippen molar-refractivity contribution in [2.24, 2.45) is 11.8 Å². The lowest BCUT2D eigenvalue weighted by molar-refractivity contribution is 0.114. The highest BCUT2D eigenvalue weighted by atomic mass is 16.3. The van der Waals surface area contributed by atoms with E-state index in [1.54, 1.807) is 6.33 Å². The van der Waals surface area contributed by atoms with Crippen molar-refractivity contribution in [3.8, 4) is 0 Å². The molecule has 0 bridgehead atoms. The fraction of sp³-hybridized carbons (Fsp3) is 0.846. The molecule has 1 aromatic rings. The Balaban J connectivity index is 2.39. The van der Waals surface area contributed by atoms with Gasteiger partial charge in [-0.25, -0.2) is 9.67 Å². The van der Waals surface area contributed by atoms with Crippen molar-refractivity contribution in [2.75, 3.05) is 0 Å². The molecule has 0 spiro atoms. The number of aryl methyl sites for hydroxylation is 1. The van der Waals surface area contributed by atoms with E-state index >= 15 is 0 Å². The summed E-state index contributed by atoms with van der Waals surface area (Å²) < 4.78 is 1.98. The Labute approximate surface area is 104 Å². The summed E-state index contributed by atoms with van der Waals surface area (Å²) >= 11 is 0. The van der Waals surface area contributed by atoms with E-state index in [9.17, 15) is 5.11 Å². The van der Waals surface area contributed by atoms with E-state index in [0.717, 1.165) is 31.6 Å². The number of nitrogens with zero attached hydrogens (tertiary/aromatic N) is 3. The number of hydrogen-bond acceptors (Lipinski definition) is 3. The molecule has 0 aliphatic rings. The molecular formula is C13H25N3O. The van der Waals surface area contributed by atoms with Crippen LogP contribution in [-0.2, 0) is 13.0 Å². The summed E-state index contributed by atoms with van der Waals surface area (Å²) in [6.45, 7) is 9.36. The molecule has 0 fully saturated rings. The monoisotopic (exact) mass is 239 g/mol. The molecule has 0 aromatic carbocycles. The van der Waals surface area contributed by atoms with Gasteiger partial charge in [0.15, 0.2) is 0 Å². The number of rotatable bonds is 7. The third kappa shape index (κ3) is 4.86. The van der Waals surface area contributed by atoms with E-state index in [0.29, 0.717) is 11.8 Å². The molecule has 4 nitrogen and oxygen atoms in total. The van der Waals surface area contributed by atoms with Gasteiger partial charge in [0.1, 0.15) is 12.2 Å². The minimum Gasteiger partial charge on any atom is -0.393 e. The highest BCUT2D eigenvalue weighted by molar-refractivity contribution is 4.85. The van der Waals surface area contributed by atoms with E-state index in [4.69, 9.17) is 0 Å². The second kappa shape index (κ2) is 6.74. The molecule has 0 saturated carbocycles.